The molecule has 1 heterocycles. The molecule has 0 unspecified atom stereocenters. The minimum atomic E-state index is -1.04. The van der Waals surface area contributed by atoms with Crippen LogP contribution in [0, 0.1) is 11.6 Å². The molecule has 5 heteroatoms. The van der Waals surface area contributed by atoms with Crippen LogP contribution in [0.25, 0.3) is 0 Å². The van der Waals surface area contributed by atoms with Gasteiger partial charge in [-0.1, -0.05) is 0 Å². The maximum Gasteiger partial charge on any atom is 0.251 e. The van der Waals surface area contributed by atoms with Crippen molar-refractivity contribution in [2.75, 3.05) is 0 Å². The van der Waals surface area contributed by atoms with Gasteiger partial charge in [-0.2, -0.15) is 0 Å². The molecule has 0 saturated heterocycles. The Bertz CT molecular complexity index is 587. The Labute approximate surface area is 109 Å². The number of carbonyl (C=O) groups excluding carboxylic acids is 1. The number of rotatable bonds is 3. The van der Waals surface area contributed by atoms with Crippen LogP contribution in [0.1, 0.15) is 28.9 Å². The number of nitrogens with one attached hydrogen (secondary N) is 1. The van der Waals surface area contributed by atoms with E-state index < -0.39 is 17.5 Å². The Morgan fingerprint density at radius 2 is 1.84 bits per heavy atom. The normalized spacial score (nSPS) is 11.9. The van der Waals surface area contributed by atoms with Gasteiger partial charge in [-0.25, -0.2) is 8.78 Å². The molecule has 2 rings (SSSR count). The zero-order chi connectivity index (χ0) is 13.8. The molecule has 1 aromatic heterocycles. The average molecular weight is 262 g/mol. The molecule has 0 bridgehead atoms. The molecule has 19 heavy (non-hydrogen) atoms. The van der Waals surface area contributed by atoms with E-state index in [1.165, 1.54) is 6.07 Å². The molecule has 1 aromatic carbocycles. The summed E-state index contributed by atoms with van der Waals surface area (Å²) in [6.45, 7) is 1.80. The summed E-state index contributed by atoms with van der Waals surface area (Å²) in [6, 6.07) is 6.36. The zero-order valence-electron chi connectivity index (χ0n) is 10.2. The van der Waals surface area contributed by atoms with Gasteiger partial charge in [-0.15, -0.1) is 0 Å². The highest BCUT2D eigenvalue weighted by Gasteiger charge is 2.13. The SMILES string of the molecule is C[C@@H](NC(=O)c1ccc(F)c(F)c1)c1ccncc1. The van der Waals surface area contributed by atoms with Gasteiger partial charge in [0.1, 0.15) is 0 Å². The third kappa shape index (κ3) is 3.13. The van der Waals surface area contributed by atoms with Gasteiger partial charge < -0.3 is 5.32 Å². The predicted octanol–water partition coefficient (Wildman–Crippen LogP) is 2.85. The highest BCUT2D eigenvalue weighted by Crippen LogP contribution is 2.13. The monoisotopic (exact) mass is 262 g/mol. The van der Waals surface area contributed by atoms with Gasteiger partial charge in [0.2, 0.25) is 0 Å². The molecule has 1 amide bonds. The first kappa shape index (κ1) is 13.1. The smallest absolute Gasteiger partial charge is 0.251 e. The van der Waals surface area contributed by atoms with E-state index in [1.807, 2.05) is 0 Å². The van der Waals surface area contributed by atoms with Gasteiger partial charge in [-0.3, -0.25) is 9.78 Å². The maximum absolute atomic E-state index is 13.0. The summed E-state index contributed by atoms with van der Waals surface area (Å²) in [5.41, 5.74) is 0.964. The van der Waals surface area contributed by atoms with E-state index in [-0.39, 0.29) is 11.6 Å². The number of aromatic nitrogens is 1. The van der Waals surface area contributed by atoms with Crippen LogP contribution in [0.15, 0.2) is 42.7 Å². The number of hydrogen-bond acceptors (Lipinski definition) is 2. The van der Waals surface area contributed by atoms with Crippen molar-refractivity contribution in [2.45, 2.75) is 13.0 Å². The lowest BCUT2D eigenvalue weighted by Gasteiger charge is -2.14. The molecule has 0 spiro atoms. The van der Waals surface area contributed by atoms with Crippen molar-refractivity contribution in [2.24, 2.45) is 0 Å². The van der Waals surface area contributed by atoms with Crippen LogP contribution in [0.2, 0.25) is 0 Å². The Hall–Kier alpha value is -2.30. The second-order valence-corrected chi connectivity index (χ2v) is 4.10. The van der Waals surface area contributed by atoms with Gasteiger partial charge in [0.15, 0.2) is 11.6 Å². The highest BCUT2D eigenvalue weighted by molar-refractivity contribution is 5.94. The quantitative estimate of drug-likeness (QED) is 0.924. The van der Waals surface area contributed by atoms with E-state index in [0.717, 1.165) is 17.7 Å². The van der Waals surface area contributed by atoms with E-state index in [0.29, 0.717) is 0 Å². The van der Waals surface area contributed by atoms with Crippen molar-refractivity contribution >= 4 is 5.91 Å². The molecule has 0 saturated carbocycles. The van der Waals surface area contributed by atoms with Crippen molar-refractivity contribution in [3.63, 3.8) is 0 Å². The van der Waals surface area contributed by atoms with Crippen LogP contribution in [-0.4, -0.2) is 10.9 Å². The van der Waals surface area contributed by atoms with Gasteiger partial charge in [-0.05, 0) is 42.8 Å². The molecule has 0 aliphatic carbocycles. The molecular weight excluding hydrogens is 250 g/mol. The highest BCUT2D eigenvalue weighted by atomic mass is 19.2. The lowest BCUT2D eigenvalue weighted by atomic mass is 10.1. The number of nitrogens with zero attached hydrogens (tertiary/aromatic N) is 1. The topological polar surface area (TPSA) is 42.0 Å². The van der Waals surface area contributed by atoms with Gasteiger partial charge in [0.05, 0.1) is 6.04 Å². The molecular formula is C14H12F2N2O. The lowest BCUT2D eigenvalue weighted by molar-refractivity contribution is 0.0939. The van der Waals surface area contributed by atoms with Crippen LogP contribution in [-0.2, 0) is 0 Å². The van der Waals surface area contributed by atoms with E-state index in [1.54, 1.807) is 31.5 Å². The number of carbonyl (C=O) groups is 1. The summed E-state index contributed by atoms with van der Waals surface area (Å²) < 4.78 is 25.8. The summed E-state index contributed by atoms with van der Waals surface area (Å²) in [6.07, 6.45) is 3.24. The van der Waals surface area contributed by atoms with Crippen LogP contribution >= 0.6 is 0 Å². The van der Waals surface area contributed by atoms with E-state index >= 15 is 0 Å². The third-order valence-corrected chi connectivity index (χ3v) is 2.74. The molecule has 0 fully saturated rings. The first-order chi connectivity index (χ1) is 9.08. The van der Waals surface area contributed by atoms with Crippen molar-refractivity contribution in [1.82, 2.24) is 10.3 Å². The van der Waals surface area contributed by atoms with Crippen LogP contribution in [0.4, 0.5) is 8.78 Å². The van der Waals surface area contributed by atoms with Gasteiger partial charge in [0, 0.05) is 18.0 Å². The third-order valence-electron chi connectivity index (χ3n) is 2.74. The van der Waals surface area contributed by atoms with E-state index in [2.05, 4.69) is 10.3 Å². The number of hydrogen-bond donors (Lipinski definition) is 1. The Morgan fingerprint density at radius 3 is 2.47 bits per heavy atom. The minimum absolute atomic E-state index is 0.0832. The summed E-state index contributed by atoms with van der Waals surface area (Å²) in [5, 5.41) is 2.70. The van der Waals surface area contributed by atoms with Crippen molar-refractivity contribution in [3.8, 4) is 0 Å². The second-order valence-electron chi connectivity index (χ2n) is 4.10. The standard InChI is InChI=1S/C14H12F2N2O/c1-9(10-4-6-17-7-5-10)18-14(19)11-2-3-12(15)13(16)8-11/h2-9H,1H3,(H,18,19)/t9-/m1/s1. The van der Waals surface area contributed by atoms with Crippen molar-refractivity contribution in [1.29, 1.82) is 0 Å². The molecule has 1 N–H and O–H groups in total. The molecule has 3 nitrogen and oxygen atoms in total. The fourth-order valence-corrected chi connectivity index (χ4v) is 1.65. The predicted molar refractivity (Wildman–Crippen MR) is 66.5 cm³/mol. The Kier molecular flexibility index (Phi) is 3.85. The molecule has 2 aromatic rings. The summed E-state index contributed by atoms with van der Waals surface area (Å²) in [5.74, 6) is -2.47. The second kappa shape index (κ2) is 5.56. The van der Waals surface area contributed by atoms with Crippen molar-refractivity contribution < 1.29 is 13.6 Å². The Morgan fingerprint density at radius 1 is 1.16 bits per heavy atom. The fraction of sp³-hybridized carbons (Fsp3) is 0.143. The van der Waals surface area contributed by atoms with E-state index in [4.69, 9.17) is 0 Å². The average Bonchev–Trinajstić information content (AvgIpc) is 2.42. The lowest BCUT2D eigenvalue weighted by Crippen LogP contribution is -2.26. The van der Waals surface area contributed by atoms with Gasteiger partial charge >= 0.3 is 0 Å². The summed E-state index contributed by atoms with van der Waals surface area (Å²) in [4.78, 5) is 15.8. The van der Waals surface area contributed by atoms with E-state index in [9.17, 15) is 13.6 Å². The van der Waals surface area contributed by atoms with Crippen molar-refractivity contribution in [3.05, 3.63) is 65.5 Å². The number of pyridine rings is 1. The number of halogens is 2. The number of amides is 1. The molecule has 0 aliphatic rings. The van der Waals surface area contributed by atoms with Gasteiger partial charge in [0.25, 0.3) is 5.91 Å². The van der Waals surface area contributed by atoms with Crippen LogP contribution in [0.3, 0.4) is 0 Å². The zero-order valence-corrected chi connectivity index (χ0v) is 10.2. The Balaban J connectivity index is 2.11. The van der Waals surface area contributed by atoms with Crippen LogP contribution < -0.4 is 5.32 Å². The fourth-order valence-electron chi connectivity index (χ4n) is 1.65. The molecule has 0 radical (unpaired) electrons. The minimum Gasteiger partial charge on any atom is -0.346 e. The first-order valence-electron chi connectivity index (χ1n) is 5.74. The van der Waals surface area contributed by atoms with Crippen LogP contribution in [0.5, 0.6) is 0 Å². The largest absolute Gasteiger partial charge is 0.346 e. The molecule has 98 valence electrons. The summed E-state index contributed by atoms with van der Waals surface area (Å²) >= 11 is 0. The number of benzene rings is 1. The molecule has 1 atom stereocenters. The molecule has 0 aliphatic heterocycles. The first-order valence-corrected chi connectivity index (χ1v) is 5.74. The summed E-state index contributed by atoms with van der Waals surface area (Å²) in [7, 11) is 0. The maximum atomic E-state index is 13.0.